The summed E-state index contributed by atoms with van der Waals surface area (Å²) in [6, 6.07) is 1.91. The molecule has 0 aliphatic carbocycles. The Kier molecular flexibility index (Phi) is 3.78. The van der Waals surface area contributed by atoms with E-state index >= 15 is 0 Å². The first-order valence-electron chi connectivity index (χ1n) is 4.37. The number of pyridine rings is 1. The Hall–Kier alpha value is -0.660. The van der Waals surface area contributed by atoms with E-state index in [9.17, 15) is 4.79 Å². The lowest BCUT2D eigenvalue weighted by molar-refractivity contribution is 1.04. The van der Waals surface area contributed by atoms with Gasteiger partial charge in [0.15, 0.2) is 0 Å². The molecule has 0 spiro atoms. The van der Waals surface area contributed by atoms with Gasteiger partial charge in [-0.3, -0.25) is 4.79 Å². The van der Waals surface area contributed by atoms with Crippen LogP contribution >= 0.6 is 43.2 Å². The minimum Gasteiger partial charge on any atom is -0.364 e. The second-order valence-electron chi connectivity index (χ2n) is 3.01. The third-order valence-electron chi connectivity index (χ3n) is 1.82. The van der Waals surface area contributed by atoms with Crippen LogP contribution in [0.25, 0.3) is 0 Å². The second kappa shape index (κ2) is 5.11. The van der Waals surface area contributed by atoms with Gasteiger partial charge in [0.1, 0.15) is 5.82 Å². The van der Waals surface area contributed by atoms with Gasteiger partial charge in [-0.15, -0.1) is 0 Å². The van der Waals surface area contributed by atoms with E-state index in [4.69, 9.17) is 0 Å². The maximum absolute atomic E-state index is 10.9. The van der Waals surface area contributed by atoms with Crippen molar-refractivity contribution >= 4 is 49.0 Å². The molecule has 4 nitrogen and oxygen atoms in total. The number of H-pyrrole nitrogens is 1. The molecule has 7 heteroatoms. The highest BCUT2D eigenvalue weighted by Crippen LogP contribution is 2.23. The van der Waals surface area contributed by atoms with E-state index in [2.05, 4.69) is 47.1 Å². The van der Waals surface area contributed by atoms with Gasteiger partial charge in [0.05, 0.1) is 11.0 Å². The van der Waals surface area contributed by atoms with E-state index in [1.165, 1.54) is 0 Å². The minimum absolute atomic E-state index is 0.0420. The van der Waals surface area contributed by atoms with E-state index < -0.39 is 0 Å². The van der Waals surface area contributed by atoms with Crippen molar-refractivity contribution in [2.45, 2.75) is 6.54 Å². The highest BCUT2D eigenvalue weighted by molar-refractivity contribution is 9.11. The monoisotopic (exact) mass is 363 g/mol. The Morgan fingerprint density at radius 2 is 2.31 bits per heavy atom. The molecular weight excluding hydrogens is 358 g/mol. The Balaban J connectivity index is 2.07. The summed E-state index contributed by atoms with van der Waals surface area (Å²) in [5.41, 5.74) is 0.853. The zero-order chi connectivity index (χ0) is 11.5. The molecule has 2 heterocycles. The normalized spacial score (nSPS) is 10.4. The number of nitrogens with zero attached hydrogens (tertiary/aromatic N) is 1. The molecule has 2 aromatic heterocycles. The molecule has 0 unspecified atom stereocenters. The van der Waals surface area contributed by atoms with Crippen molar-refractivity contribution in [3.05, 3.63) is 42.0 Å². The molecule has 0 aromatic carbocycles. The predicted octanol–water partition coefficient (Wildman–Crippen LogP) is 2.97. The third kappa shape index (κ3) is 2.93. The molecule has 0 saturated heterocycles. The van der Waals surface area contributed by atoms with E-state index in [0.29, 0.717) is 6.54 Å². The summed E-state index contributed by atoms with van der Waals surface area (Å²) in [6.45, 7) is 0.548. The van der Waals surface area contributed by atoms with Gasteiger partial charge in [-0.2, -0.15) is 0 Å². The van der Waals surface area contributed by atoms with E-state index in [0.717, 1.165) is 31.8 Å². The first-order valence-corrected chi connectivity index (χ1v) is 6.83. The van der Waals surface area contributed by atoms with Crippen LogP contribution < -0.4 is 10.2 Å². The fraction of sp³-hybridized carbons (Fsp3) is 0.111. The molecule has 0 atom stereocenters. The van der Waals surface area contributed by atoms with Gasteiger partial charge in [0.2, 0.25) is 0 Å². The van der Waals surface area contributed by atoms with Crippen molar-refractivity contribution in [3.63, 3.8) is 0 Å². The second-order valence-corrected chi connectivity index (χ2v) is 5.62. The molecule has 0 radical (unpaired) electrons. The molecule has 2 aromatic rings. The minimum atomic E-state index is -0.0420. The Morgan fingerprint density at radius 3 is 2.94 bits per heavy atom. The number of aromatic amines is 1. The molecule has 2 rings (SSSR count). The Bertz CT molecular complexity index is 552. The topological polar surface area (TPSA) is 57.8 Å². The summed E-state index contributed by atoms with van der Waals surface area (Å²) in [7, 11) is 0. The molecule has 0 amide bonds. The number of hydrogen-bond donors (Lipinski definition) is 2. The lowest BCUT2D eigenvalue weighted by Crippen LogP contribution is -2.04. The van der Waals surface area contributed by atoms with Gasteiger partial charge in [-0.05, 0) is 37.9 Å². The highest BCUT2D eigenvalue weighted by atomic mass is 79.9. The first-order chi connectivity index (χ1) is 7.65. The van der Waals surface area contributed by atoms with Crippen molar-refractivity contribution in [2.75, 3.05) is 5.32 Å². The van der Waals surface area contributed by atoms with Gasteiger partial charge in [-0.1, -0.05) is 11.3 Å². The average Bonchev–Trinajstić information content (AvgIpc) is 2.63. The van der Waals surface area contributed by atoms with E-state index in [1.807, 2.05) is 6.07 Å². The quantitative estimate of drug-likeness (QED) is 0.880. The van der Waals surface area contributed by atoms with Crippen LogP contribution in [0, 0.1) is 0 Å². The average molecular weight is 365 g/mol. The summed E-state index contributed by atoms with van der Waals surface area (Å²) < 4.78 is 1.79. The van der Waals surface area contributed by atoms with Gasteiger partial charge in [0, 0.05) is 21.7 Å². The van der Waals surface area contributed by atoms with Crippen LogP contribution in [0.2, 0.25) is 0 Å². The molecule has 16 heavy (non-hydrogen) atoms. The van der Waals surface area contributed by atoms with E-state index in [-0.39, 0.29) is 4.87 Å². The maximum atomic E-state index is 10.9. The van der Waals surface area contributed by atoms with E-state index in [1.54, 1.807) is 11.6 Å². The van der Waals surface area contributed by atoms with Gasteiger partial charge >= 0.3 is 4.87 Å². The molecule has 2 N–H and O–H groups in total. The SMILES string of the molecule is O=c1[nH]c(CNc2ncc(Br)cc2Br)cs1. The number of hydrogen-bond acceptors (Lipinski definition) is 4. The smallest absolute Gasteiger partial charge is 0.304 e. The number of anilines is 1. The molecule has 0 bridgehead atoms. The Morgan fingerprint density at radius 1 is 1.50 bits per heavy atom. The fourth-order valence-electron chi connectivity index (χ4n) is 1.12. The van der Waals surface area contributed by atoms with Crippen molar-refractivity contribution in [1.82, 2.24) is 9.97 Å². The Labute approximate surface area is 112 Å². The number of rotatable bonds is 3. The molecular formula is C9H7Br2N3OS. The molecule has 84 valence electrons. The summed E-state index contributed by atoms with van der Waals surface area (Å²) in [5.74, 6) is 0.746. The number of thiazole rings is 1. The van der Waals surface area contributed by atoms with Crippen molar-refractivity contribution in [3.8, 4) is 0 Å². The van der Waals surface area contributed by atoms with Crippen molar-refractivity contribution in [1.29, 1.82) is 0 Å². The standard InChI is InChI=1S/C9H7Br2N3OS/c10-5-1-7(11)8(12-2-5)13-3-6-4-16-9(15)14-6/h1-2,4H,3H2,(H,12,13)(H,14,15). The fourth-order valence-corrected chi connectivity index (χ4v) is 2.83. The van der Waals surface area contributed by atoms with Crippen molar-refractivity contribution in [2.24, 2.45) is 0 Å². The molecule has 0 aliphatic rings. The number of aromatic nitrogens is 2. The lowest BCUT2D eigenvalue weighted by Gasteiger charge is -2.05. The predicted molar refractivity (Wildman–Crippen MR) is 71.9 cm³/mol. The summed E-state index contributed by atoms with van der Waals surface area (Å²) in [6.07, 6.45) is 1.71. The molecule has 0 aliphatic heterocycles. The van der Waals surface area contributed by atoms with Gasteiger partial charge in [0.25, 0.3) is 0 Å². The summed E-state index contributed by atoms with van der Waals surface area (Å²) >= 11 is 7.89. The zero-order valence-electron chi connectivity index (χ0n) is 7.96. The summed E-state index contributed by atoms with van der Waals surface area (Å²) in [4.78, 5) is 17.8. The van der Waals surface area contributed by atoms with Crippen LogP contribution in [-0.2, 0) is 6.54 Å². The van der Waals surface area contributed by atoms with Gasteiger partial charge < -0.3 is 10.3 Å². The molecule has 0 saturated carbocycles. The van der Waals surface area contributed by atoms with Crippen molar-refractivity contribution < 1.29 is 0 Å². The highest BCUT2D eigenvalue weighted by Gasteiger charge is 2.02. The van der Waals surface area contributed by atoms with Crippen LogP contribution in [0.1, 0.15) is 5.69 Å². The third-order valence-corrected chi connectivity index (χ3v) is 3.58. The summed E-state index contributed by atoms with van der Waals surface area (Å²) in [5, 5.41) is 4.92. The zero-order valence-corrected chi connectivity index (χ0v) is 11.9. The molecule has 0 fully saturated rings. The largest absolute Gasteiger partial charge is 0.364 e. The van der Waals surface area contributed by atoms with Crippen LogP contribution in [0.3, 0.4) is 0 Å². The van der Waals surface area contributed by atoms with Crippen LogP contribution in [-0.4, -0.2) is 9.97 Å². The number of halogens is 2. The van der Waals surface area contributed by atoms with Crippen LogP contribution in [0.15, 0.2) is 31.4 Å². The number of nitrogens with one attached hydrogen (secondary N) is 2. The van der Waals surface area contributed by atoms with Crippen LogP contribution in [0.4, 0.5) is 5.82 Å². The lowest BCUT2D eigenvalue weighted by atomic mass is 10.4. The van der Waals surface area contributed by atoms with Crippen LogP contribution in [0.5, 0.6) is 0 Å². The van der Waals surface area contributed by atoms with Gasteiger partial charge in [-0.25, -0.2) is 4.98 Å². The first kappa shape index (κ1) is 11.8. The maximum Gasteiger partial charge on any atom is 0.304 e.